The smallest absolute Gasteiger partial charge is 0.216 e. The summed E-state index contributed by atoms with van der Waals surface area (Å²) in [6.07, 6.45) is 6.15. The van der Waals surface area contributed by atoms with E-state index < -0.39 is 0 Å². The van der Waals surface area contributed by atoms with Gasteiger partial charge in [0.2, 0.25) is 5.91 Å². The molecule has 1 aromatic heterocycles. The van der Waals surface area contributed by atoms with Gasteiger partial charge in [-0.1, -0.05) is 23.8 Å². The van der Waals surface area contributed by atoms with Crippen LogP contribution in [0.4, 0.5) is 5.82 Å². The maximum absolute atomic E-state index is 10.6. The van der Waals surface area contributed by atoms with Gasteiger partial charge in [0.15, 0.2) is 0 Å². The lowest BCUT2D eigenvalue weighted by Gasteiger charge is -1.99. The third-order valence-electron chi connectivity index (χ3n) is 1.89. The van der Waals surface area contributed by atoms with Gasteiger partial charge in [-0.05, 0) is 12.5 Å². The highest BCUT2D eigenvalue weighted by Crippen LogP contribution is 2.18. The minimum absolute atomic E-state index is 0.0272. The van der Waals surface area contributed by atoms with Gasteiger partial charge in [-0.3, -0.25) is 4.79 Å². The van der Waals surface area contributed by atoms with E-state index in [2.05, 4.69) is 10.3 Å². The molecule has 0 aliphatic rings. The molecule has 0 aliphatic carbocycles. The molecule has 1 heterocycles. The van der Waals surface area contributed by atoms with E-state index in [1.54, 1.807) is 12.3 Å². The number of hydrogen-bond acceptors (Lipinski definition) is 3. The van der Waals surface area contributed by atoms with Crippen molar-refractivity contribution in [3.8, 4) is 0 Å². The maximum Gasteiger partial charge on any atom is 0.216 e. The molecule has 3 N–H and O–H groups in total. The monoisotopic (exact) mass is 239 g/mol. The fraction of sp³-hybridized carbons (Fsp3) is 0.273. The summed E-state index contributed by atoms with van der Waals surface area (Å²) < 4.78 is 0. The number of nitrogens with two attached hydrogens (primary N) is 1. The second kappa shape index (κ2) is 6.12. The number of pyridine rings is 1. The number of carbonyl (C=O) groups is 1. The van der Waals surface area contributed by atoms with E-state index in [1.807, 2.05) is 12.2 Å². The molecule has 0 aliphatic heterocycles. The summed E-state index contributed by atoms with van der Waals surface area (Å²) >= 11 is 5.95. The van der Waals surface area contributed by atoms with Crippen molar-refractivity contribution in [2.24, 2.45) is 0 Å². The van der Waals surface area contributed by atoms with E-state index in [0.29, 0.717) is 17.4 Å². The molecule has 4 nitrogen and oxygen atoms in total. The molecule has 0 bridgehead atoms. The molecular formula is C11H14ClN3O. The summed E-state index contributed by atoms with van der Waals surface area (Å²) in [5.74, 6) is 0.376. The van der Waals surface area contributed by atoms with Crippen LogP contribution in [-0.4, -0.2) is 17.4 Å². The molecule has 0 aromatic carbocycles. The van der Waals surface area contributed by atoms with Gasteiger partial charge < -0.3 is 11.1 Å². The molecule has 5 heteroatoms. The van der Waals surface area contributed by atoms with E-state index in [-0.39, 0.29) is 5.91 Å². The minimum Gasteiger partial charge on any atom is -0.384 e. The maximum atomic E-state index is 10.6. The number of amides is 1. The Kier molecular flexibility index (Phi) is 4.79. The van der Waals surface area contributed by atoms with Crippen molar-refractivity contribution < 1.29 is 4.79 Å². The Hall–Kier alpha value is -1.55. The lowest BCUT2D eigenvalue weighted by Crippen LogP contribution is -2.20. The average Bonchev–Trinajstić information content (AvgIpc) is 2.20. The fourth-order valence-corrected chi connectivity index (χ4v) is 1.34. The van der Waals surface area contributed by atoms with Gasteiger partial charge in [-0.25, -0.2) is 4.98 Å². The third-order valence-corrected chi connectivity index (χ3v) is 2.21. The minimum atomic E-state index is -0.0272. The van der Waals surface area contributed by atoms with Crippen LogP contribution in [0.15, 0.2) is 18.3 Å². The van der Waals surface area contributed by atoms with Crippen molar-refractivity contribution >= 4 is 29.4 Å². The molecule has 86 valence electrons. The van der Waals surface area contributed by atoms with Crippen LogP contribution in [0.5, 0.6) is 0 Å². The van der Waals surface area contributed by atoms with Crippen LogP contribution in [0.3, 0.4) is 0 Å². The van der Waals surface area contributed by atoms with Crippen LogP contribution in [-0.2, 0) is 4.79 Å². The molecule has 0 radical (unpaired) electrons. The Morgan fingerprint density at radius 1 is 1.69 bits per heavy atom. The zero-order chi connectivity index (χ0) is 12.0. The first kappa shape index (κ1) is 12.5. The Bertz CT molecular complexity index is 404. The van der Waals surface area contributed by atoms with Gasteiger partial charge in [-0.2, -0.15) is 0 Å². The summed E-state index contributed by atoms with van der Waals surface area (Å²) in [5.41, 5.74) is 6.29. The average molecular weight is 240 g/mol. The number of hydrogen-bond donors (Lipinski definition) is 2. The SMILES string of the molecule is CC(=O)NCCC=Cc1cnc(N)cc1Cl. The van der Waals surface area contributed by atoms with Crippen molar-refractivity contribution in [2.75, 3.05) is 12.3 Å². The van der Waals surface area contributed by atoms with Gasteiger partial charge >= 0.3 is 0 Å². The number of rotatable bonds is 4. The molecule has 0 saturated heterocycles. The van der Waals surface area contributed by atoms with Gasteiger partial charge in [0, 0.05) is 25.2 Å². The Morgan fingerprint density at radius 3 is 3.06 bits per heavy atom. The Balaban J connectivity index is 2.47. The summed E-state index contributed by atoms with van der Waals surface area (Å²) in [6, 6.07) is 1.61. The van der Waals surface area contributed by atoms with Crippen molar-refractivity contribution in [1.29, 1.82) is 0 Å². The molecule has 0 saturated carbocycles. The van der Waals surface area contributed by atoms with Crippen LogP contribution in [0.2, 0.25) is 5.02 Å². The normalized spacial score (nSPS) is 10.6. The molecule has 1 amide bonds. The summed E-state index contributed by atoms with van der Waals surface area (Å²) in [4.78, 5) is 14.5. The molecule has 0 atom stereocenters. The topological polar surface area (TPSA) is 68.0 Å². The van der Waals surface area contributed by atoms with E-state index in [1.165, 1.54) is 6.92 Å². The van der Waals surface area contributed by atoms with Crippen molar-refractivity contribution in [1.82, 2.24) is 10.3 Å². The predicted octanol–water partition coefficient (Wildman–Crippen LogP) is 1.86. The molecule has 1 aromatic rings. The number of anilines is 1. The van der Waals surface area contributed by atoms with Gasteiger partial charge in [0.25, 0.3) is 0 Å². The number of halogens is 1. The lowest BCUT2D eigenvalue weighted by atomic mass is 10.2. The first-order valence-corrected chi connectivity index (χ1v) is 5.29. The largest absolute Gasteiger partial charge is 0.384 e. The third kappa shape index (κ3) is 4.31. The second-order valence-electron chi connectivity index (χ2n) is 3.30. The van der Waals surface area contributed by atoms with E-state index in [9.17, 15) is 4.79 Å². The highest BCUT2D eigenvalue weighted by molar-refractivity contribution is 6.32. The van der Waals surface area contributed by atoms with Gasteiger partial charge in [-0.15, -0.1) is 0 Å². The summed E-state index contributed by atoms with van der Waals surface area (Å²) in [7, 11) is 0. The van der Waals surface area contributed by atoms with Crippen molar-refractivity contribution in [3.05, 3.63) is 28.9 Å². The van der Waals surface area contributed by atoms with Crippen molar-refractivity contribution in [2.45, 2.75) is 13.3 Å². The Morgan fingerprint density at radius 2 is 2.44 bits per heavy atom. The molecule has 16 heavy (non-hydrogen) atoms. The highest BCUT2D eigenvalue weighted by Gasteiger charge is 1.97. The van der Waals surface area contributed by atoms with E-state index in [4.69, 9.17) is 17.3 Å². The molecule has 1 rings (SSSR count). The quantitative estimate of drug-likeness (QED) is 0.788. The first-order valence-electron chi connectivity index (χ1n) is 4.91. The number of nitrogens with one attached hydrogen (secondary N) is 1. The Labute approximate surface area is 99.5 Å². The van der Waals surface area contributed by atoms with Gasteiger partial charge in [0.1, 0.15) is 5.82 Å². The first-order chi connectivity index (χ1) is 7.59. The highest BCUT2D eigenvalue weighted by atomic mass is 35.5. The standard InChI is InChI=1S/C11H14ClN3O/c1-8(16)14-5-3-2-4-9-7-15-11(13)6-10(9)12/h2,4,6-7H,3,5H2,1H3,(H2,13,15)(H,14,16). The van der Waals surface area contributed by atoms with Crippen LogP contribution in [0, 0.1) is 0 Å². The lowest BCUT2D eigenvalue weighted by molar-refractivity contribution is -0.118. The summed E-state index contributed by atoms with van der Waals surface area (Å²) in [6.45, 7) is 2.11. The van der Waals surface area contributed by atoms with Crippen LogP contribution < -0.4 is 11.1 Å². The number of aromatic nitrogens is 1. The zero-order valence-electron chi connectivity index (χ0n) is 9.03. The molecular weight excluding hydrogens is 226 g/mol. The molecule has 0 fully saturated rings. The number of nitrogen functional groups attached to an aromatic ring is 1. The number of nitrogens with zero attached hydrogens (tertiary/aromatic N) is 1. The van der Waals surface area contributed by atoms with E-state index in [0.717, 1.165) is 12.0 Å². The fourth-order valence-electron chi connectivity index (χ4n) is 1.12. The van der Waals surface area contributed by atoms with Crippen LogP contribution >= 0.6 is 11.6 Å². The van der Waals surface area contributed by atoms with Gasteiger partial charge in [0.05, 0.1) is 5.02 Å². The van der Waals surface area contributed by atoms with Crippen molar-refractivity contribution in [3.63, 3.8) is 0 Å². The van der Waals surface area contributed by atoms with E-state index >= 15 is 0 Å². The molecule has 0 unspecified atom stereocenters. The zero-order valence-corrected chi connectivity index (χ0v) is 9.79. The van der Waals surface area contributed by atoms with Crippen LogP contribution in [0.25, 0.3) is 6.08 Å². The summed E-state index contributed by atoms with van der Waals surface area (Å²) in [5, 5.41) is 3.27. The predicted molar refractivity (Wildman–Crippen MR) is 66.0 cm³/mol. The number of carbonyl (C=O) groups excluding carboxylic acids is 1. The van der Waals surface area contributed by atoms with Crippen LogP contribution in [0.1, 0.15) is 18.9 Å². The second-order valence-corrected chi connectivity index (χ2v) is 3.71. The molecule has 0 spiro atoms.